The number of amides is 1. The summed E-state index contributed by atoms with van der Waals surface area (Å²) < 4.78 is 10.8. The number of likely N-dealkylation sites (N-methyl/N-ethyl adjacent to an activating group) is 1. The van der Waals surface area contributed by atoms with Gasteiger partial charge in [0.05, 0.1) is 25.9 Å². The second kappa shape index (κ2) is 9.68. The standard InChI is InChI=1S/C22H28N2O4/c1-24(13-12-16-6-4-3-5-7-16)14-20-21(25)19(15-28-20)23-22(26)17-8-10-18(27-2)11-9-17/h3-11,19-21,25H,12-15H2,1-2H3,(H,23,26). The van der Waals surface area contributed by atoms with Crippen molar-refractivity contribution in [3.05, 3.63) is 65.7 Å². The first kappa shape index (κ1) is 20.3. The summed E-state index contributed by atoms with van der Waals surface area (Å²) in [5, 5.41) is 13.4. The highest BCUT2D eigenvalue weighted by Gasteiger charge is 2.37. The normalized spacial score (nSPS) is 21.6. The SMILES string of the molecule is COc1ccc(C(=O)NC2COC(CN(C)CCc3ccccc3)C2O)cc1. The minimum absolute atomic E-state index is 0.228. The third-order valence-electron chi connectivity index (χ3n) is 5.07. The summed E-state index contributed by atoms with van der Waals surface area (Å²) in [6, 6.07) is 16.8. The Morgan fingerprint density at radius 1 is 1.21 bits per heavy atom. The molecular formula is C22H28N2O4. The maximum atomic E-state index is 12.4. The lowest BCUT2D eigenvalue weighted by Gasteiger charge is -2.24. The predicted octanol–water partition coefficient (Wildman–Crippen LogP) is 1.73. The molecule has 1 fully saturated rings. The van der Waals surface area contributed by atoms with E-state index >= 15 is 0 Å². The molecule has 3 atom stereocenters. The zero-order chi connectivity index (χ0) is 19.9. The summed E-state index contributed by atoms with van der Waals surface area (Å²) >= 11 is 0. The highest BCUT2D eigenvalue weighted by atomic mass is 16.5. The fourth-order valence-electron chi connectivity index (χ4n) is 3.33. The Bertz CT molecular complexity index is 751. The van der Waals surface area contributed by atoms with E-state index in [1.165, 1.54) is 5.56 Å². The molecular weight excluding hydrogens is 356 g/mol. The van der Waals surface area contributed by atoms with Crippen molar-refractivity contribution in [1.29, 1.82) is 0 Å². The van der Waals surface area contributed by atoms with Crippen LogP contribution in [0.4, 0.5) is 0 Å². The molecule has 2 aromatic carbocycles. The number of carbonyl (C=O) groups is 1. The van der Waals surface area contributed by atoms with Crippen LogP contribution in [0.15, 0.2) is 54.6 Å². The van der Waals surface area contributed by atoms with Gasteiger partial charge in [-0.2, -0.15) is 0 Å². The molecule has 3 unspecified atom stereocenters. The summed E-state index contributed by atoms with van der Waals surface area (Å²) in [5.41, 5.74) is 1.81. The first-order chi connectivity index (χ1) is 13.6. The molecule has 1 aliphatic heterocycles. The Morgan fingerprint density at radius 3 is 2.61 bits per heavy atom. The third kappa shape index (κ3) is 5.32. The number of carbonyl (C=O) groups excluding carboxylic acids is 1. The number of aliphatic hydroxyl groups is 1. The van der Waals surface area contributed by atoms with Gasteiger partial charge in [-0.15, -0.1) is 0 Å². The zero-order valence-electron chi connectivity index (χ0n) is 16.4. The summed E-state index contributed by atoms with van der Waals surface area (Å²) in [4.78, 5) is 14.6. The van der Waals surface area contributed by atoms with E-state index in [4.69, 9.17) is 9.47 Å². The molecule has 0 aromatic heterocycles. The molecule has 6 heteroatoms. The maximum Gasteiger partial charge on any atom is 0.251 e. The van der Waals surface area contributed by atoms with E-state index < -0.39 is 12.1 Å². The fraction of sp³-hybridized carbons (Fsp3) is 0.409. The van der Waals surface area contributed by atoms with Crippen molar-refractivity contribution in [2.75, 3.05) is 33.9 Å². The molecule has 0 radical (unpaired) electrons. The van der Waals surface area contributed by atoms with E-state index in [2.05, 4.69) is 22.3 Å². The average molecular weight is 384 g/mol. The molecule has 3 rings (SSSR count). The second-order valence-electron chi connectivity index (χ2n) is 7.17. The number of methoxy groups -OCH3 is 1. The molecule has 6 nitrogen and oxygen atoms in total. The summed E-state index contributed by atoms with van der Waals surface area (Å²) in [5.74, 6) is 0.466. The number of hydrogen-bond acceptors (Lipinski definition) is 5. The maximum absolute atomic E-state index is 12.4. The van der Waals surface area contributed by atoms with Gasteiger partial charge >= 0.3 is 0 Å². The number of hydrogen-bond donors (Lipinski definition) is 2. The number of ether oxygens (including phenoxy) is 2. The average Bonchev–Trinajstić information content (AvgIpc) is 3.06. The van der Waals surface area contributed by atoms with Crippen LogP contribution in [-0.4, -0.2) is 68.0 Å². The van der Waals surface area contributed by atoms with Gasteiger partial charge < -0.3 is 24.8 Å². The van der Waals surface area contributed by atoms with Crippen LogP contribution in [-0.2, 0) is 11.2 Å². The second-order valence-corrected chi connectivity index (χ2v) is 7.17. The van der Waals surface area contributed by atoms with Crippen LogP contribution in [0, 0.1) is 0 Å². The molecule has 1 amide bonds. The minimum Gasteiger partial charge on any atom is -0.497 e. The van der Waals surface area contributed by atoms with E-state index in [1.807, 2.05) is 25.2 Å². The molecule has 28 heavy (non-hydrogen) atoms. The van der Waals surface area contributed by atoms with Gasteiger partial charge in [0.2, 0.25) is 0 Å². The molecule has 0 aliphatic carbocycles. The van der Waals surface area contributed by atoms with Crippen molar-refractivity contribution in [3.8, 4) is 5.75 Å². The lowest BCUT2D eigenvalue weighted by molar-refractivity contribution is 0.0203. The van der Waals surface area contributed by atoms with Gasteiger partial charge in [-0.1, -0.05) is 30.3 Å². The fourth-order valence-corrected chi connectivity index (χ4v) is 3.33. The van der Waals surface area contributed by atoms with E-state index in [0.29, 0.717) is 24.5 Å². The first-order valence-corrected chi connectivity index (χ1v) is 9.54. The Labute approximate surface area is 166 Å². The van der Waals surface area contributed by atoms with Crippen LogP contribution >= 0.6 is 0 Å². The van der Waals surface area contributed by atoms with Gasteiger partial charge in [-0.05, 0) is 43.3 Å². The van der Waals surface area contributed by atoms with Crippen molar-refractivity contribution in [2.45, 2.75) is 24.7 Å². The van der Waals surface area contributed by atoms with Crippen molar-refractivity contribution in [1.82, 2.24) is 10.2 Å². The van der Waals surface area contributed by atoms with Gasteiger partial charge in [0.15, 0.2) is 0 Å². The molecule has 0 bridgehead atoms. The Hall–Kier alpha value is -2.41. The first-order valence-electron chi connectivity index (χ1n) is 9.54. The molecule has 1 aliphatic rings. The van der Waals surface area contributed by atoms with Gasteiger partial charge in [0.1, 0.15) is 11.9 Å². The topological polar surface area (TPSA) is 71.0 Å². The molecule has 2 N–H and O–H groups in total. The lowest BCUT2D eigenvalue weighted by Crippen LogP contribution is -2.46. The lowest BCUT2D eigenvalue weighted by atomic mass is 10.1. The van der Waals surface area contributed by atoms with E-state index in [1.54, 1.807) is 31.4 Å². The van der Waals surface area contributed by atoms with Crippen LogP contribution in [0.2, 0.25) is 0 Å². The molecule has 0 spiro atoms. The van der Waals surface area contributed by atoms with Gasteiger partial charge in [-0.25, -0.2) is 0 Å². The quantitative estimate of drug-likeness (QED) is 0.725. The summed E-state index contributed by atoms with van der Waals surface area (Å²) in [6.45, 7) is 1.79. The number of benzene rings is 2. The van der Waals surface area contributed by atoms with Gasteiger partial charge in [0, 0.05) is 18.7 Å². The van der Waals surface area contributed by atoms with Crippen LogP contribution < -0.4 is 10.1 Å². The largest absolute Gasteiger partial charge is 0.497 e. The Balaban J connectivity index is 1.46. The molecule has 1 saturated heterocycles. The Kier molecular flexibility index (Phi) is 7.03. The third-order valence-corrected chi connectivity index (χ3v) is 5.07. The number of rotatable bonds is 8. The van der Waals surface area contributed by atoms with Crippen LogP contribution in [0.5, 0.6) is 5.75 Å². The molecule has 2 aromatic rings. The highest BCUT2D eigenvalue weighted by molar-refractivity contribution is 5.94. The Morgan fingerprint density at radius 2 is 1.93 bits per heavy atom. The van der Waals surface area contributed by atoms with Crippen LogP contribution in [0.3, 0.4) is 0 Å². The monoisotopic (exact) mass is 384 g/mol. The number of aliphatic hydroxyl groups excluding tert-OH is 1. The van der Waals surface area contributed by atoms with Crippen molar-refractivity contribution in [2.24, 2.45) is 0 Å². The van der Waals surface area contributed by atoms with Crippen LogP contribution in [0.25, 0.3) is 0 Å². The zero-order valence-corrected chi connectivity index (χ0v) is 16.4. The van der Waals surface area contributed by atoms with E-state index in [-0.39, 0.29) is 12.0 Å². The van der Waals surface area contributed by atoms with Crippen LogP contribution in [0.1, 0.15) is 15.9 Å². The molecule has 1 heterocycles. The smallest absolute Gasteiger partial charge is 0.251 e. The van der Waals surface area contributed by atoms with Gasteiger partial charge in [-0.3, -0.25) is 4.79 Å². The minimum atomic E-state index is -0.735. The number of nitrogens with one attached hydrogen (secondary N) is 1. The predicted molar refractivity (Wildman–Crippen MR) is 108 cm³/mol. The van der Waals surface area contributed by atoms with Crippen molar-refractivity contribution in [3.63, 3.8) is 0 Å². The van der Waals surface area contributed by atoms with E-state index in [0.717, 1.165) is 13.0 Å². The molecule has 0 saturated carbocycles. The highest BCUT2D eigenvalue weighted by Crippen LogP contribution is 2.17. The van der Waals surface area contributed by atoms with Crippen molar-refractivity contribution >= 4 is 5.91 Å². The number of nitrogens with zero attached hydrogens (tertiary/aromatic N) is 1. The van der Waals surface area contributed by atoms with E-state index in [9.17, 15) is 9.90 Å². The van der Waals surface area contributed by atoms with Gasteiger partial charge in [0.25, 0.3) is 5.91 Å². The summed E-state index contributed by atoms with van der Waals surface area (Å²) in [6.07, 6.45) is -0.110. The van der Waals surface area contributed by atoms with Crippen molar-refractivity contribution < 1.29 is 19.4 Å². The summed E-state index contributed by atoms with van der Waals surface area (Å²) in [7, 11) is 3.60. The molecule has 150 valence electrons.